The summed E-state index contributed by atoms with van der Waals surface area (Å²) in [5.41, 5.74) is 1.09. The fourth-order valence-electron chi connectivity index (χ4n) is 2.33. The predicted octanol–water partition coefficient (Wildman–Crippen LogP) is 1.61. The van der Waals surface area contributed by atoms with Crippen molar-refractivity contribution in [3.8, 4) is 5.75 Å². The first-order valence-corrected chi connectivity index (χ1v) is 7.76. The van der Waals surface area contributed by atoms with Gasteiger partial charge >= 0.3 is 0 Å². The summed E-state index contributed by atoms with van der Waals surface area (Å²) in [6, 6.07) is 5.83. The van der Waals surface area contributed by atoms with Crippen LogP contribution in [-0.4, -0.2) is 55.4 Å². The minimum absolute atomic E-state index is 0.0464. The maximum atomic E-state index is 12.2. The summed E-state index contributed by atoms with van der Waals surface area (Å²) in [6.45, 7) is 1.52. The number of carbonyl (C=O) groups is 1. The van der Waals surface area contributed by atoms with Crippen LogP contribution in [0.3, 0.4) is 0 Å². The van der Waals surface area contributed by atoms with Crippen molar-refractivity contribution in [2.75, 3.05) is 33.4 Å². The van der Waals surface area contributed by atoms with Crippen LogP contribution in [0.5, 0.6) is 5.75 Å². The Balaban J connectivity index is 1.87. The molecule has 0 radical (unpaired) electrons. The van der Waals surface area contributed by atoms with Crippen molar-refractivity contribution >= 4 is 21.8 Å². The molecule has 0 spiro atoms. The molecule has 2 rings (SSSR count). The standard InChI is InChI=1S/C15H20BrNO4/c1-20-14-4-2-11(8-13(14)16)3-5-15(19)17-6-7-21-12(9-17)10-18/h2,4,8,12,18H,3,5-7,9-10H2,1H3. The molecule has 1 amide bonds. The Hall–Kier alpha value is -1.11. The molecule has 1 aromatic carbocycles. The number of halogens is 1. The van der Waals surface area contributed by atoms with Gasteiger partial charge in [-0.05, 0) is 40.0 Å². The van der Waals surface area contributed by atoms with Crippen LogP contribution in [-0.2, 0) is 16.0 Å². The van der Waals surface area contributed by atoms with E-state index in [9.17, 15) is 4.79 Å². The fraction of sp³-hybridized carbons (Fsp3) is 0.533. The highest BCUT2D eigenvalue weighted by Crippen LogP contribution is 2.26. The van der Waals surface area contributed by atoms with Crippen LogP contribution in [0.15, 0.2) is 22.7 Å². The van der Waals surface area contributed by atoms with Gasteiger partial charge in [0.2, 0.25) is 5.91 Å². The third-order valence-electron chi connectivity index (χ3n) is 3.54. The number of methoxy groups -OCH3 is 1. The Morgan fingerprint density at radius 1 is 1.57 bits per heavy atom. The highest BCUT2D eigenvalue weighted by molar-refractivity contribution is 9.10. The first-order chi connectivity index (χ1) is 10.1. The lowest BCUT2D eigenvalue weighted by atomic mass is 10.1. The molecule has 0 saturated carbocycles. The van der Waals surface area contributed by atoms with Gasteiger partial charge in [0.15, 0.2) is 0 Å². The molecule has 6 heteroatoms. The summed E-state index contributed by atoms with van der Waals surface area (Å²) in [7, 11) is 1.62. The second-order valence-corrected chi connectivity index (χ2v) is 5.84. The molecular formula is C15H20BrNO4. The Labute approximate surface area is 133 Å². The lowest BCUT2D eigenvalue weighted by Gasteiger charge is -2.32. The molecule has 1 aliphatic rings. The first-order valence-electron chi connectivity index (χ1n) is 6.96. The average Bonchev–Trinajstić information content (AvgIpc) is 2.52. The Morgan fingerprint density at radius 2 is 2.38 bits per heavy atom. The van der Waals surface area contributed by atoms with Crippen molar-refractivity contribution in [3.63, 3.8) is 0 Å². The summed E-state index contributed by atoms with van der Waals surface area (Å²) >= 11 is 3.44. The molecule has 1 fully saturated rings. The van der Waals surface area contributed by atoms with Crippen molar-refractivity contribution in [1.29, 1.82) is 0 Å². The van der Waals surface area contributed by atoms with E-state index in [-0.39, 0.29) is 18.6 Å². The molecule has 1 aliphatic heterocycles. The zero-order valence-electron chi connectivity index (χ0n) is 12.0. The van der Waals surface area contributed by atoms with E-state index in [1.807, 2.05) is 18.2 Å². The van der Waals surface area contributed by atoms with Crippen LogP contribution < -0.4 is 4.74 Å². The maximum absolute atomic E-state index is 12.2. The van der Waals surface area contributed by atoms with Gasteiger partial charge in [-0.3, -0.25) is 4.79 Å². The minimum Gasteiger partial charge on any atom is -0.496 e. The van der Waals surface area contributed by atoms with Crippen molar-refractivity contribution in [3.05, 3.63) is 28.2 Å². The fourth-order valence-corrected chi connectivity index (χ4v) is 2.92. The number of amides is 1. The smallest absolute Gasteiger partial charge is 0.223 e. The lowest BCUT2D eigenvalue weighted by molar-refractivity contribution is -0.140. The van der Waals surface area contributed by atoms with Gasteiger partial charge in [-0.2, -0.15) is 0 Å². The quantitative estimate of drug-likeness (QED) is 0.869. The number of aryl methyl sites for hydroxylation is 1. The Morgan fingerprint density at radius 3 is 3.05 bits per heavy atom. The van der Waals surface area contributed by atoms with Crippen LogP contribution in [0.2, 0.25) is 0 Å². The maximum Gasteiger partial charge on any atom is 0.223 e. The van der Waals surface area contributed by atoms with Crippen LogP contribution in [0.4, 0.5) is 0 Å². The number of benzene rings is 1. The molecule has 0 bridgehead atoms. The molecule has 1 atom stereocenters. The minimum atomic E-state index is -0.252. The number of aliphatic hydroxyl groups excluding tert-OH is 1. The molecule has 1 aromatic rings. The number of morpholine rings is 1. The zero-order chi connectivity index (χ0) is 15.2. The van der Waals surface area contributed by atoms with Gasteiger partial charge < -0.3 is 19.5 Å². The second kappa shape index (κ2) is 7.77. The molecule has 1 N–H and O–H groups in total. The highest BCUT2D eigenvalue weighted by atomic mass is 79.9. The van der Waals surface area contributed by atoms with Gasteiger partial charge in [0.05, 0.1) is 30.9 Å². The summed E-state index contributed by atoms with van der Waals surface area (Å²) in [5.74, 6) is 0.882. The molecule has 1 unspecified atom stereocenters. The lowest BCUT2D eigenvalue weighted by Crippen LogP contribution is -2.46. The monoisotopic (exact) mass is 357 g/mol. The molecule has 5 nitrogen and oxygen atoms in total. The molecule has 1 saturated heterocycles. The normalized spacial score (nSPS) is 18.6. The second-order valence-electron chi connectivity index (χ2n) is 4.98. The average molecular weight is 358 g/mol. The third kappa shape index (κ3) is 4.43. The first kappa shape index (κ1) is 16.3. The SMILES string of the molecule is COc1ccc(CCC(=O)N2CCOC(CO)C2)cc1Br. The van der Waals surface area contributed by atoms with Gasteiger partial charge in [0.1, 0.15) is 5.75 Å². The van der Waals surface area contributed by atoms with E-state index in [1.165, 1.54) is 0 Å². The van der Waals surface area contributed by atoms with E-state index in [4.69, 9.17) is 14.6 Å². The Kier molecular flexibility index (Phi) is 6.02. The highest BCUT2D eigenvalue weighted by Gasteiger charge is 2.23. The number of nitrogens with zero attached hydrogens (tertiary/aromatic N) is 1. The predicted molar refractivity (Wildman–Crippen MR) is 82.4 cm³/mol. The number of hydrogen-bond acceptors (Lipinski definition) is 4. The third-order valence-corrected chi connectivity index (χ3v) is 4.16. The van der Waals surface area contributed by atoms with Crippen molar-refractivity contribution in [2.45, 2.75) is 18.9 Å². The molecule has 21 heavy (non-hydrogen) atoms. The Bertz CT molecular complexity index is 495. The van der Waals surface area contributed by atoms with Crippen molar-refractivity contribution in [1.82, 2.24) is 4.90 Å². The van der Waals surface area contributed by atoms with E-state index < -0.39 is 0 Å². The summed E-state index contributed by atoms with van der Waals surface area (Å²) in [6.07, 6.45) is 0.886. The summed E-state index contributed by atoms with van der Waals surface area (Å²) in [4.78, 5) is 14.0. The van der Waals surface area contributed by atoms with Crippen LogP contribution in [0, 0.1) is 0 Å². The van der Waals surface area contributed by atoms with E-state index >= 15 is 0 Å². The molecule has 0 aliphatic carbocycles. The van der Waals surface area contributed by atoms with Gasteiger partial charge in [-0.1, -0.05) is 6.07 Å². The van der Waals surface area contributed by atoms with Crippen molar-refractivity contribution < 1.29 is 19.4 Å². The van der Waals surface area contributed by atoms with Crippen LogP contribution in [0.25, 0.3) is 0 Å². The molecule has 1 heterocycles. The summed E-state index contributed by atoms with van der Waals surface area (Å²) < 4.78 is 11.4. The molecule has 116 valence electrons. The van der Waals surface area contributed by atoms with E-state index in [0.29, 0.717) is 32.5 Å². The molecular weight excluding hydrogens is 338 g/mol. The van der Waals surface area contributed by atoms with E-state index in [0.717, 1.165) is 15.8 Å². The van der Waals surface area contributed by atoms with Crippen LogP contribution >= 0.6 is 15.9 Å². The topological polar surface area (TPSA) is 59.0 Å². The number of aliphatic hydroxyl groups is 1. The van der Waals surface area contributed by atoms with Gasteiger partial charge in [0.25, 0.3) is 0 Å². The van der Waals surface area contributed by atoms with Gasteiger partial charge in [-0.25, -0.2) is 0 Å². The van der Waals surface area contributed by atoms with Gasteiger partial charge in [-0.15, -0.1) is 0 Å². The van der Waals surface area contributed by atoms with Crippen LogP contribution in [0.1, 0.15) is 12.0 Å². The van der Waals surface area contributed by atoms with E-state index in [1.54, 1.807) is 12.0 Å². The zero-order valence-corrected chi connectivity index (χ0v) is 13.6. The number of ether oxygens (including phenoxy) is 2. The largest absolute Gasteiger partial charge is 0.496 e. The number of carbonyl (C=O) groups excluding carboxylic acids is 1. The van der Waals surface area contributed by atoms with Crippen molar-refractivity contribution in [2.24, 2.45) is 0 Å². The summed E-state index contributed by atoms with van der Waals surface area (Å²) in [5, 5.41) is 9.10. The molecule has 0 aromatic heterocycles. The number of rotatable bonds is 5. The van der Waals surface area contributed by atoms with E-state index in [2.05, 4.69) is 15.9 Å². The van der Waals surface area contributed by atoms with Gasteiger partial charge in [0, 0.05) is 19.5 Å². The number of hydrogen-bond donors (Lipinski definition) is 1.